The SMILES string of the molecule is [B]c1c(O)c(C)c2[nH]c(O)cc2c1C. The lowest BCUT2D eigenvalue weighted by molar-refractivity contribution is 0.458. The van der Waals surface area contributed by atoms with Crippen molar-refractivity contribution in [3.63, 3.8) is 0 Å². The molecule has 0 amide bonds. The fraction of sp³-hybridized carbons (Fsp3) is 0.200. The van der Waals surface area contributed by atoms with Gasteiger partial charge in [0.05, 0.1) is 5.52 Å². The second-order valence-corrected chi connectivity index (χ2v) is 3.46. The van der Waals surface area contributed by atoms with E-state index in [1.54, 1.807) is 13.0 Å². The molecule has 1 heterocycles. The van der Waals surface area contributed by atoms with Gasteiger partial charge in [0.2, 0.25) is 0 Å². The third kappa shape index (κ3) is 1.00. The highest BCUT2D eigenvalue weighted by atomic mass is 16.3. The van der Waals surface area contributed by atoms with Crippen LogP contribution in [-0.4, -0.2) is 23.0 Å². The summed E-state index contributed by atoms with van der Waals surface area (Å²) in [5, 5.41) is 19.8. The molecule has 2 radical (unpaired) electrons. The first-order chi connectivity index (χ1) is 6.52. The van der Waals surface area contributed by atoms with Crippen LogP contribution in [0.1, 0.15) is 11.1 Å². The number of rotatable bonds is 0. The number of hydrogen-bond acceptors (Lipinski definition) is 2. The van der Waals surface area contributed by atoms with Crippen LogP contribution in [0.3, 0.4) is 0 Å². The number of fused-ring (bicyclic) bond motifs is 1. The van der Waals surface area contributed by atoms with Gasteiger partial charge >= 0.3 is 0 Å². The van der Waals surface area contributed by atoms with Crippen LogP contribution in [-0.2, 0) is 0 Å². The molecule has 0 saturated carbocycles. The van der Waals surface area contributed by atoms with E-state index in [9.17, 15) is 10.2 Å². The molecule has 2 aromatic rings. The van der Waals surface area contributed by atoms with Crippen molar-refractivity contribution in [2.75, 3.05) is 0 Å². The highest BCUT2D eigenvalue weighted by Crippen LogP contribution is 2.29. The van der Waals surface area contributed by atoms with E-state index in [1.807, 2.05) is 6.92 Å². The Morgan fingerprint density at radius 2 is 1.86 bits per heavy atom. The molecule has 0 saturated heterocycles. The molecule has 3 nitrogen and oxygen atoms in total. The van der Waals surface area contributed by atoms with Gasteiger partial charge in [-0.25, -0.2) is 0 Å². The first-order valence-electron chi connectivity index (χ1n) is 4.31. The Labute approximate surface area is 82.8 Å². The van der Waals surface area contributed by atoms with Crippen molar-refractivity contribution in [2.24, 2.45) is 0 Å². The number of aromatic amines is 1. The topological polar surface area (TPSA) is 56.2 Å². The van der Waals surface area contributed by atoms with Crippen molar-refractivity contribution in [3.8, 4) is 11.6 Å². The number of aromatic nitrogens is 1. The maximum atomic E-state index is 9.67. The predicted molar refractivity (Wildman–Crippen MR) is 56.5 cm³/mol. The van der Waals surface area contributed by atoms with Crippen LogP contribution in [0, 0.1) is 13.8 Å². The van der Waals surface area contributed by atoms with Crippen molar-refractivity contribution in [1.29, 1.82) is 0 Å². The van der Waals surface area contributed by atoms with Gasteiger partial charge in [-0.15, -0.1) is 0 Å². The van der Waals surface area contributed by atoms with E-state index in [0.29, 0.717) is 11.0 Å². The van der Waals surface area contributed by atoms with Gasteiger partial charge < -0.3 is 15.2 Å². The summed E-state index contributed by atoms with van der Waals surface area (Å²) in [5.41, 5.74) is 2.53. The number of aromatic hydroxyl groups is 2. The normalized spacial score (nSPS) is 11.0. The second kappa shape index (κ2) is 2.70. The Kier molecular flexibility index (Phi) is 1.74. The van der Waals surface area contributed by atoms with Crippen molar-refractivity contribution in [2.45, 2.75) is 13.8 Å². The zero-order valence-electron chi connectivity index (χ0n) is 8.05. The molecule has 4 heteroatoms. The second-order valence-electron chi connectivity index (χ2n) is 3.46. The summed E-state index contributed by atoms with van der Waals surface area (Å²) in [6.07, 6.45) is 0. The average Bonchev–Trinajstić information content (AvgIpc) is 2.54. The molecule has 3 N–H and O–H groups in total. The van der Waals surface area contributed by atoms with Gasteiger partial charge in [0.1, 0.15) is 13.6 Å². The molecule has 0 aliphatic heterocycles. The van der Waals surface area contributed by atoms with Crippen LogP contribution in [0.25, 0.3) is 10.9 Å². The maximum Gasteiger partial charge on any atom is 0.189 e. The smallest absolute Gasteiger partial charge is 0.189 e. The lowest BCUT2D eigenvalue weighted by Gasteiger charge is -2.08. The van der Waals surface area contributed by atoms with E-state index in [0.717, 1.165) is 16.5 Å². The van der Waals surface area contributed by atoms with Crippen LogP contribution < -0.4 is 5.46 Å². The minimum atomic E-state index is 0.0798. The van der Waals surface area contributed by atoms with Crippen LogP contribution in [0.5, 0.6) is 11.6 Å². The van der Waals surface area contributed by atoms with E-state index >= 15 is 0 Å². The summed E-state index contributed by atoms with van der Waals surface area (Å²) in [7, 11) is 5.71. The third-order valence-corrected chi connectivity index (χ3v) is 2.60. The Morgan fingerprint density at radius 3 is 2.50 bits per heavy atom. The Bertz CT molecular complexity index is 472. The number of aryl methyl sites for hydroxylation is 2. The molecular weight excluding hydrogens is 177 g/mol. The lowest BCUT2D eigenvalue weighted by Crippen LogP contribution is -2.09. The molecule has 0 fully saturated rings. The van der Waals surface area contributed by atoms with E-state index in [1.165, 1.54) is 0 Å². The molecule has 0 atom stereocenters. The summed E-state index contributed by atoms with van der Waals surface area (Å²) in [5.74, 6) is 0.160. The number of nitrogens with one attached hydrogen (secondary N) is 1. The fourth-order valence-corrected chi connectivity index (χ4v) is 1.67. The van der Waals surface area contributed by atoms with Gasteiger partial charge in [-0.05, 0) is 19.4 Å². The summed E-state index contributed by atoms with van der Waals surface area (Å²) in [6.45, 7) is 3.56. The Morgan fingerprint density at radius 1 is 1.21 bits per heavy atom. The number of H-pyrrole nitrogens is 1. The molecule has 70 valence electrons. The number of phenols is 1. The van der Waals surface area contributed by atoms with Crippen LogP contribution in [0.4, 0.5) is 0 Å². The van der Waals surface area contributed by atoms with Crippen molar-refractivity contribution in [1.82, 2.24) is 4.98 Å². The van der Waals surface area contributed by atoms with E-state index in [2.05, 4.69) is 4.98 Å². The minimum absolute atomic E-state index is 0.0798. The summed E-state index contributed by atoms with van der Waals surface area (Å²) >= 11 is 0. The summed E-state index contributed by atoms with van der Waals surface area (Å²) in [6, 6.07) is 1.60. The Hall–Kier alpha value is -1.58. The molecule has 1 aromatic heterocycles. The zero-order valence-corrected chi connectivity index (χ0v) is 8.05. The molecule has 1 aromatic carbocycles. The molecule has 0 aliphatic carbocycles. The van der Waals surface area contributed by atoms with Crippen molar-refractivity contribution < 1.29 is 10.2 Å². The first kappa shape index (κ1) is 9.00. The molecular formula is C10H10BNO2. The number of benzene rings is 1. The quantitative estimate of drug-likeness (QED) is 0.538. The predicted octanol–water partition coefficient (Wildman–Crippen LogP) is 0.990. The van der Waals surface area contributed by atoms with Gasteiger partial charge in [0.15, 0.2) is 5.88 Å². The van der Waals surface area contributed by atoms with Gasteiger partial charge in [-0.3, -0.25) is 0 Å². The monoisotopic (exact) mass is 187 g/mol. The Balaban J connectivity index is 3.01. The lowest BCUT2D eigenvalue weighted by atomic mass is 9.86. The molecule has 0 spiro atoms. The van der Waals surface area contributed by atoms with Crippen LogP contribution in [0.2, 0.25) is 0 Å². The molecule has 0 unspecified atom stereocenters. The summed E-state index contributed by atoms with van der Waals surface area (Å²) in [4.78, 5) is 2.78. The summed E-state index contributed by atoms with van der Waals surface area (Å²) < 4.78 is 0. The van der Waals surface area contributed by atoms with Crippen molar-refractivity contribution >= 4 is 24.2 Å². The van der Waals surface area contributed by atoms with Crippen molar-refractivity contribution in [3.05, 3.63) is 17.2 Å². The standard InChI is InChI=1S/C10H10BNO2/c1-4-6-3-7(13)12-9(6)5(2)10(14)8(4)11/h3,12-14H,1-2H3. The number of hydrogen-bond donors (Lipinski definition) is 3. The number of phenolic OH excluding ortho intramolecular Hbond substituents is 1. The highest BCUT2D eigenvalue weighted by molar-refractivity contribution is 6.36. The zero-order chi connectivity index (χ0) is 10.5. The van der Waals surface area contributed by atoms with Gasteiger partial charge in [-0.1, -0.05) is 5.46 Å². The van der Waals surface area contributed by atoms with Crippen LogP contribution in [0.15, 0.2) is 6.07 Å². The maximum absolute atomic E-state index is 9.67. The largest absolute Gasteiger partial charge is 0.508 e. The average molecular weight is 187 g/mol. The van der Waals surface area contributed by atoms with Crippen LogP contribution >= 0.6 is 0 Å². The molecule has 0 aliphatic rings. The van der Waals surface area contributed by atoms with E-state index in [-0.39, 0.29) is 11.6 Å². The third-order valence-electron chi connectivity index (χ3n) is 2.60. The van der Waals surface area contributed by atoms with Gasteiger partial charge in [-0.2, -0.15) is 0 Å². The van der Waals surface area contributed by atoms with Gasteiger partial charge in [0.25, 0.3) is 0 Å². The minimum Gasteiger partial charge on any atom is -0.508 e. The molecule has 0 bridgehead atoms. The van der Waals surface area contributed by atoms with E-state index in [4.69, 9.17) is 7.85 Å². The fourth-order valence-electron chi connectivity index (χ4n) is 1.67. The van der Waals surface area contributed by atoms with Gasteiger partial charge in [0, 0.05) is 17.0 Å². The first-order valence-corrected chi connectivity index (χ1v) is 4.31. The molecule has 2 rings (SSSR count). The highest BCUT2D eigenvalue weighted by Gasteiger charge is 2.12. The molecule has 14 heavy (non-hydrogen) atoms. The van der Waals surface area contributed by atoms with E-state index < -0.39 is 0 Å².